The van der Waals surface area contributed by atoms with Crippen LogP contribution in [0.5, 0.6) is 0 Å². The van der Waals surface area contributed by atoms with Crippen molar-refractivity contribution in [1.82, 2.24) is 4.98 Å². The zero-order valence-electron chi connectivity index (χ0n) is 8.69. The lowest BCUT2D eigenvalue weighted by molar-refractivity contribution is 0.0697. The molecular formula is C11H11N3O2. The lowest BCUT2D eigenvalue weighted by Gasteiger charge is -2.07. The summed E-state index contributed by atoms with van der Waals surface area (Å²) in [7, 11) is 0. The van der Waals surface area contributed by atoms with Crippen molar-refractivity contribution < 1.29 is 9.90 Å². The van der Waals surface area contributed by atoms with Gasteiger partial charge in [-0.15, -0.1) is 0 Å². The number of anilines is 1. The van der Waals surface area contributed by atoms with Gasteiger partial charge < -0.3 is 10.5 Å². The predicted molar refractivity (Wildman–Crippen MR) is 61.2 cm³/mol. The molecule has 16 heavy (non-hydrogen) atoms. The number of aryl methyl sites for hydroxylation is 1. The minimum absolute atomic E-state index is 0.216. The van der Waals surface area contributed by atoms with E-state index in [0.717, 1.165) is 16.8 Å². The number of carboxylic acids is 1. The first kappa shape index (κ1) is 10.4. The van der Waals surface area contributed by atoms with Crippen LogP contribution in [-0.2, 0) is 0 Å². The van der Waals surface area contributed by atoms with Crippen LogP contribution in [0.15, 0.2) is 24.3 Å². The number of rotatable bonds is 2. The normalized spacial score (nSPS) is 10.4. The summed E-state index contributed by atoms with van der Waals surface area (Å²) in [6.45, 7) is 1.83. The summed E-state index contributed by atoms with van der Waals surface area (Å²) in [6.07, 6.45) is 0. The molecule has 0 saturated carbocycles. The number of carbonyl (C=O) groups is 1. The molecule has 0 saturated heterocycles. The zero-order valence-corrected chi connectivity index (χ0v) is 8.69. The highest BCUT2D eigenvalue weighted by molar-refractivity contribution is 5.97. The minimum atomic E-state index is -0.965. The largest absolute Gasteiger partial charge is 0.478 e. The van der Waals surface area contributed by atoms with Crippen molar-refractivity contribution >= 4 is 22.6 Å². The van der Waals surface area contributed by atoms with E-state index in [1.165, 1.54) is 12.1 Å². The van der Waals surface area contributed by atoms with E-state index in [0.29, 0.717) is 5.52 Å². The molecule has 0 atom stereocenters. The molecule has 1 aromatic carbocycles. The Morgan fingerprint density at radius 1 is 1.44 bits per heavy atom. The third-order valence-electron chi connectivity index (χ3n) is 2.34. The van der Waals surface area contributed by atoms with Crippen LogP contribution in [0.3, 0.4) is 0 Å². The van der Waals surface area contributed by atoms with Gasteiger partial charge in [0.25, 0.3) is 0 Å². The van der Waals surface area contributed by atoms with Gasteiger partial charge in [-0.25, -0.2) is 4.79 Å². The van der Waals surface area contributed by atoms with Crippen molar-refractivity contribution in [3.8, 4) is 0 Å². The van der Waals surface area contributed by atoms with E-state index >= 15 is 0 Å². The fourth-order valence-electron chi connectivity index (χ4n) is 1.61. The van der Waals surface area contributed by atoms with Crippen LogP contribution in [0, 0.1) is 6.92 Å². The Kier molecular flexibility index (Phi) is 2.46. The molecule has 2 rings (SSSR count). The number of pyridine rings is 1. The molecule has 0 unspecified atom stereocenters. The third kappa shape index (κ3) is 1.68. The molecule has 5 nitrogen and oxygen atoms in total. The molecule has 2 aromatic rings. The monoisotopic (exact) mass is 217 g/mol. The molecule has 4 N–H and O–H groups in total. The van der Waals surface area contributed by atoms with Crippen LogP contribution in [0.1, 0.15) is 16.1 Å². The fourth-order valence-corrected chi connectivity index (χ4v) is 1.61. The molecule has 0 radical (unpaired) electrons. The highest BCUT2D eigenvalue weighted by Crippen LogP contribution is 2.23. The Labute approximate surface area is 91.9 Å². The minimum Gasteiger partial charge on any atom is -0.478 e. The van der Waals surface area contributed by atoms with Crippen molar-refractivity contribution in [2.45, 2.75) is 6.92 Å². The highest BCUT2D eigenvalue weighted by Gasteiger charge is 2.07. The maximum absolute atomic E-state index is 10.8. The van der Waals surface area contributed by atoms with Gasteiger partial charge in [0.05, 0.1) is 16.8 Å². The number of fused-ring (bicyclic) bond motifs is 1. The predicted octanol–water partition coefficient (Wildman–Crippen LogP) is 1.53. The summed E-state index contributed by atoms with van der Waals surface area (Å²) in [5.74, 6) is 4.42. The van der Waals surface area contributed by atoms with Gasteiger partial charge in [-0.1, -0.05) is 0 Å². The standard InChI is InChI=1S/C11H11N3O2/c1-6-4-10(14-12)8-3-2-7(11(15)16)5-9(8)13-6/h2-5H,12H2,1H3,(H,13,14)(H,15,16). The quantitative estimate of drug-likeness (QED) is 0.524. The van der Waals surface area contributed by atoms with E-state index in [1.807, 2.05) is 13.0 Å². The van der Waals surface area contributed by atoms with Gasteiger partial charge in [-0.2, -0.15) is 0 Å². The Balaban J connectivity index is 2.74. The van der Waals surface area contributed by atoms with Gasteiger partial charge >= 0.3 is 5.97 Å². The second-order valence-corrected chi connectivity index (χ2v) is 3.49. The fraction of sp³-hybridized carbons (Fsp3) is 0.0909. The van der Waals surface area contributed by atoms with Crippen molar-refractivity contribution in [1.29, 1.82) is 0 Å². The number of hydrogen-bond donors (Lipinski definition) is 3. The topological polar surface area (TPSA) is 88.2 Å². The number of aromatic nitrogens is 1. The van der Waals surface area contributed by atoms with Gasteiger partial charge in [0.1, 0.15) is 0 Å². The number of nitrogens with two attached hydrogens (primary N) is 1. The summed E-state index contributed by atoms with van der Waals surface area (Å²) >= 11 is 0. The van der Waals surface area contributed by atoms with Crippen molar-refractivity contribution in [3.05, 3.63) is 35.5 Å². The van der Waals surface area contributed by atoms with Crippen LogP contribution in [0.4, 0.5) is 5.69 Å². The number of hydrazine groups is 1. The van der Waals surface area contributed by atoms with E-state index in [2.05, 4.69) is 10.4 Å². The maximum atomic E-state index is 10.8. The first-order chi connectivity index (χ1) is 7.61. The summed E-state index contributed by atoms with van der Waals surface area (Å²) < 4.78 is 0. The number of nitrogens with one attached hydrogen (secondary N) is 1. The first-order valence-corrected chi connectivity index (χ1v) is 4.73. The Morgan fingerprint density at radius 3 is 2.81 bits per heavy atom. The van der Waals surface area contributed by atoms with E-state index in [-0.39, 0.29) is 5.56 Å². The highest BCUT2D eigenvalue weighted by atomic mass is 16.4. The van der Waals surface area contributed by atoms with Gasteiger partial charge in [0.15, 0.2) is 0 Å². The van der Waals surface area contributed by atoms with E-state index in [1.54, 1.807) is 6.07 Å². The molecule has 1 heterocycles. The summed E-state index contributed by atoms with van der Waals surface area (Å²) in [5.41, 5.74) is 4.92. The van der Waals surface area contributed by atoms with Gasteiger partial charge in [-0.05, 0) is 31.2 Å². The van der Waals surface area contributed by atoms with Gasteiger partial charge in [0.2, 0.25) is 0 Å². The molecule has 0 bridgehead atoms. The van der Waals surface area contributed by atoms with Gasteiger partial charge in [-0.3, -0.25) is 10.8 Å². The Hall–Kier alpha value is -2.14. The molecular weight excluding hydrogens is 206 g/mol. The van der Waals surface area contributed by atoms with Crippen LogP contribution in [0.2, 0.25) is 0 Å². The Morgan fingerprint density at radius 2 is 2.19 bits per heavy atom. The van der Waals surface area contributed by atoms with E-state index in [9.17, 15) is 4.79 Å². The van der Waals surface area contributed by atoms with Gasteiger partial charge in [0, 0.05) is 11.1 Å². The number of hydrogen-bond acceptors (Lipinski definition) is 4. The summed E-state index contributed by atoms with van der Waals surface area (Å²) in [5, 5.41) is 9.68. The number of benzene rings is 1. The van der Waals surface area contributed by atoms with E-state index in [4.69, 9.17) is 10.9 Å². The Bertz CT molecular complexity index is 566. The van der Waals surface area contributed by atoms with Crippen LogP contribution in [0.25, 0.3) is 10.9 Å². The number of nitrogens with zero attached hydrogens (tertiary/aromatic N) is 1. The first-order valence-electron chi connectivity index (χ1n) is 4.73. The SMILES string of the molecule is Cc1cc(NN)c2ccc(C(=O)O)cc2n1. The number of carboxylic acid groups (broad SMARTS) is 1. The molecule has 0 spiro atoms. The molecule has 0 fully saturated rings. The lowest BCUT2D eigenvalue weighted by Crippen LogP contribution is -2.08. The smallest absolute Gasteiger partial charge is 0.335 e. The van der Waals surface area contributed by atoms with Crippen LogP contribution in [-0.4, -0.2) is 16.1 Å². The second kappa shape index (κ2) is 3.79. The molecule has 0 aliphatic carbocycles. The maximum Gasteiger partial charge on any atom is 0.335 e. The lowest BCUT2D eigenvalue weighted by atomic mass is 10.1. The third-order valence-corrected chi connectivity index (χ3v) is 2.34. The average Bonchev–Trinajstić information content (AvgIpc) is 2.26. The summed E-state index contributed by atoms with van der Waals surface area (Å²) in [4.78, 5) is 15.1. The molecule has 0 aliphatic heterocycles. The van der Waals surface area contributed by atoms with Crippen LogP contribution >= 0.6 is 0 Å². The van der Waals surface area contributed by atoms with E-state index < -0.39 is 5.97 Å². The average molecular weight is 217 g/mol. The molecule has 82 valence electrons. The zero-order chi connectivity index (χ0) is 11.7. The molecule has 0 amide bonds. The molecule has 5 heteroatoms. The van der Waals surface area contributed by atoms with Crippen molar-refractivity contribution in [2.24, 2.45) is 5.84 Å². The van der Waals surface area contributed by atoms with Crippen LogP contribution < -0.4 is 11.3 Å². The second-order valence-electron chi connectivity index (χ2n) is 3.49. The number of aromatic carboxylic acids is 1. The summed E-state index contributed by atoms with van der Waals surface area (Å²) in [6, 6.07) is 6.57. The number of nitrogen functional groups attached to an aromatic ring is 1. The molecule has 1 aromatic heterocycles. The van der Waals surface area contributed by atoms with Crippen molar-refractivity contribution in [2.75, 3.05) is 5.43 Å². The molecule has 0 aliphatic rings. The van der Waals surface area contributed by atoms with Crippen molar-refractivity contribution in [3.63, 3.8) is 0 Å².